The van der Waals surface area contributed by atoms with Gasteiger partial charge in [0, 0.05) is 88.3 Å². The van der Waals surface area contributed by atoms with Gasteiger partial charge in [-0.1, -0.05) is 43.5 Å². The fourth-order valence-corrected chi connectivity index (χ4v) is 13.1. The number of nitrogens with two attached hydrogens (primary N) is 1. The monoisotopic (exact) mass is 1470 g/mol. The second kappa shape index (κ2) is 38.7. The molecule has 103 heavy (non-hydrogen) atoms. The van der Waals surface area contributed by atoms with Gasteiger partial charge in [-0.25, -0.2) is 5.43 Å². The SMILES string of the molecule is CCC(O)C(N)CCOC1C[C@](O)(/C(CO)=N/NC(=O)CCCCCn2cc(CNC(=O)CCCCCO[C@H]3[C@H](O)[C@@H](O)[C@@H](OC[C@H]4O[C@H](OC)[C@H](O)[C@@H](O)[C@@H]4OCCCCCC(=O)O)O[C@@H]3CO[C@H]3O[C@H](CO)[C@@H](O)[C@H](O)[C@H]3O)nn2)Cc2c(O)c3c(c(O)c21)C(=O)c1c(OC)cccc1C3=O. The van der Waals surface area contributed by atoms with Crippen molar-refractivity contribution in [2.24, 2.45) is 10.8 Å². The summed E-state index contributed by atoms with van der Waals surface area (Å²) in [6, 6.07) is 3.61. The lowest BCUT2D eigenvalue weighted by atomic mass is 9.71. The molecule has 36 nitrogen and oxygen atoms in total. The number of carboxylic acid groups (broad SMARTS) is 1. The number of nitrogens with zero attached hydrogens (tertiary/aromatic N) is 4. The quantitative estimate of drug-likeness (QED) is 0.00939. The summed E-state index contributed by atoms with van der Waals surface area (Å²) >= 11 is 0. The molecule has 18 N–H and O–H groups in total. The van der Waals surface area contributed by atoms with E-state index in [-0.39, 0.29) is 91.7 Å². The van der Waals surface area contributed by atoms with Gasteiger partial charge in [-0.3, -0.25) is 28.7 Å². The largest absolute Gasteiger partial charge is 0.507 e. The molecule has 19 atom stereocenters. The van der Waals surface area contributed by atoms with Crippen LogP contribution in [0.1, 0.15) is 158 Å². The third kappa shape index (κ3) is 20.4. The molecule has 1 aromatic heterocycles. The third-order valence-corrected chi connectivity index (χ3v) is 19.0. The number of aromatic hydroxyl groups is 2. The average Bonchev–Trinajstić information content (AvgIpc) is 1.51. The van der Waals surface area contributed by atoms with Crippen LogP contribution in [0.4, 0.5) is 0 Å². The van der Waals surface area contributed by atoms with Crippen molar-refractivity contribution in [3.63, 3.8) is 0 Å². The van der Waals surface area contributed by atoms with Crippen molar-refractivity contribution in [3.05, 3.63) is 63.5 Å². The predicted molar refractivity (Wildman–Crippen MR) is 352 cm³/mol. The molecule has 3 saturated heterocycles. The summed E-state index contributed by atoms with van der Waals surface area (Å²) in [5.41, 5.74) is 5.04. The lowest BCUT2D eigenvalue weighted by molar-refractivity contribution is -0.345. The highest BCUT2D eigenvalue weighted by Gasteiger charge is 2.52. The first kappa shape index (κ1) is 82.2. The molecule has 0 radical (unpaired) electrons. The van der Waals surface area contributed by atoms with Gasteiger partial charge in [0.1, 0.15) is 102 Å². The number of aromatic nitrogens is 3. The number of rotatable bonds is 40. The number of ketones is 2. The number of aryl methyl sites for hydroxylation is 1. The number of aliphatic hydroxyl groups excluding tert-OH is 10. The van der Waals surface area contributed by atoms with Gasteiger partial charge in [-0.05, 0) is 57.4 Å². The second-order valence-electron chi connectivity index (χ2n) is 26.2. The number of aliphatic hydroxyl groups is 11. The molecule has 2 aliphatic carbocycles. The van der Waals surface area contributed by atoms with Crippen LogP contribution in [-0.4, -0.2) is 292 Å². The first-order valence-corrected chi connectivity index (χ1v) is 34.6. The Morgan fingerprint density at radius 3 is 1.91 bits per heavy atom. The molecule has 3 fully saturated rings. The van der Waals surface area contributed by atoms with Gasteiger partial charge in [0.2, 0.25) is 17.6 Å². The molecule has 0 spiro atoms. The molecule has 4 heterocycles. The van der Waals surface area contributed by atoms with Gasteiger partial charge >= 0.3 is 5.97 Å². The van der Waals surface area contributed by atoms with Gasteiger partial charge in [0.25, 0.3) is 0 Å². The smallest absolute Gasteiger partial charge is 0.303 e. The van der Waals surface area contributed by atoms with Gasteiger partial charge in [0.05, 0.1) is 80.9 Å². The van der Waals surface area contributed by atoms with Crippen molar-refractivity contribution < 1.29 is 143 Å². The van der Waals surface area contributed by atoms with Crippen molar-refractivity contribution in [3.8, 4) is 17.2 Å². The van der Waals surface area contributed by atoms with Crippen LogP contribution in [0.15, 0.2) is 29.5 Å². The van der Waals surface area contributed by atoms with Crippen molar-refractivity contribution in [1.82, 2.24) is 25.7 Å². The number of fused-ring (bicyclic) bond motifs is 3. The van der Waals surface area contributed by atoms with Crippen LogP contribution in [0.3, 0.4) is 0 Å². The Balaban J connectivity index is 0.776. The Kier molecular flexibility index (Phi) is 30.9. The number of hydrazone groups is 1. The van der Waals surface area contributed by atoms with Crippen molar-refractivity contribution in [2.75, 3.05) is 60.5 Å². The number of unbranched alkanes of at least 4 members (excludes halogenated alkanes) is 6. The van der Waals surface area contributed by atoms with Crippen LogP contribution in [0, 0.1) is 0 Å². The summed E-state index contributed by atoms with van der Waals surface area (Å²) in [7, 11) is 2.55. The molecule has 2 aromatic carbocycles. The van der Waals surface area contributed by atoms with Crippen LogP contribution in [0.5, 0.6) is 17.2 Å². The fourth-order valence-electron chi connectivity index (χ4n) is 13.1. The Morgan fingerprint density at radius 1 is 0.709 bits per heavy atom. The minimum absolute atomic E-state index is 0.0197. The molecular weight excluding hydrogens is 1370 g/mol. The molecule has 3 unspecified atom stereocenters. The zero-order valence-corrected chi connectivity index (χ0v) is 57.6. The summed E-state index contributed by atoms with van der Waals surface area (Å²) in [4.78, 5) is 65.1. The van der Waals surface area contributed by atoms with E-state index in [1.165, 1.54) is 32.4 Å². The van der Waals surface area contributed by atoms with Gasteiger partial charge in [-0.2, -0.15) is 5.10 Å². The lowest BCUT2D eigenvalue weighted by Crippen LogP contribution is -2.63. The minimum atomic E-state index is -2.16. The molecule has 0 bridgehead atoms. The molecule has 36 heteroatoms. The number of amides is 2. The summed E-state index contributed by atoms with van der Waals surface area (Å²) in [5, 5.41) is 167. The van der Waals surface area contributed by atoms with Gasteiger partial charge in [0.15, 0.2) is 24.7 Å². The minimum Gasteiger partial charge on any atom is -0.507 e. The number of nitrogens with one attached hydrogen (secondary N) is 2. The van der Waals surface area contributed by atoms with Crippen LogP contribution >= 0.6 is 0 Å². The van der Waals surface area contributed by atoms with Crippen molar-refractivity contribution in [2.45, 2.75) is 239 Å². The first-order valence-electron chi connectivity index (χ1n) is 34.6. The normalized spacial score (nSPS) is 29.2. The Labute approximate surface area is 592 Å². The third-order valence-electron chi connectivity index (χ3n) is 19.0. The topological polar surface area (TPSA) is 554 Å². The summed E-state index contributed by atoms with van der Waals surface area (Å²) in [6.07, 6.45) is -19.7. The molecule has 3 aliphatic heterocycles. The Hall–Kier alpha value is -6.44. The maximum atomic E-state index is 14.1. The number of methoxy groups -OCH3 is 2. The number of aliphatic carboxylic acids is 1. The summed E-state index contributed by atoms with van der Waals surface area (Å²) < 4.78 is 59.4. The molecule has 0 saturated carbocycles. The van der Waals surface area contributed by atoms with Crippen LogP contribution in [0.25, 0.3) is 0 Å². The highest BCUT2D eigenvalue weighted by Crippen LogP contribution is 2.52. The number of carbonyl (C=O) groups is 5. The zero-order chi connectivity index (χ0) is 74.8. The highest BCUT2D eigenvalue weighted by atomic mass is 16.7. The molecule has 576 valence electrons. The number of phenols is 2. The number of benzene rings is 2. The highest BCUT2D eigenvalue weighted by molar-refractivity contribution is 6.31. The van der Waals surface area contributed by atoms with E-state index in [1.807, 2.05) is 0 Å². The maximum absolute atomic E-state index is 14.1. The van der Waals surface area contributed by atoms with Crippen molar-refractivity contribution in [1.29, 1.82) is 0 Å². The molecule has 8 rings (SSSR count). The molecule has 3 aromatic rings. The fraction of sp³-hybridized carbons (Fsp3) is 0.701. The molecular formula is C67H99N7O29. The summed E-state index contributed by atoms with van der Waals surface area (Å²) in [6.45, 7) is -0.540. The van der Waals surface area contributed by atoms with E-state index < -0.39 is 201 Å². The zero-order valence-electron chi connectivity index (χ0n) is 57.6. The van der Waals surface area contributed by atoms with E-state index in [2.05, 4.69) is 26.2 Å². The number of hydrogen-bond acceptors (Lipinski definition) is 32. The second-order valence-corrected chi connectivity index (χ2v) is 26.2. The van der Waals surface area contributed by atoms with E-state index in [1.54, 1.807) is 17.8 Å². The number of hydrogen-bond donors (Lipinski definition) is 17. The van der Waals surface area contributed by atoms with Gasteiger partial charge in [-0.15, -0.1) is 5.10 Å². The first-order chi connectivity index (χ1) is 49.3. The Bertz CT molecular complexity index is 3330. The molecule has 5 aliphatic rings. The van der Waals surface area contributed by atoms with Crippen LogP contribution in [0.2, 0.25) is 0 Å². The summed E-state index contributed by atoms with van der Waals surface area (Å²) in [5.74, 6) is -4.72. The van der Waals surface area contributed by atoms with E-state index in [0.717, 1.165) is 0 Å². The van der Waals surface area contributed by atoms with E-state index >= 15 is 0 Å². The standard InChI is InChI=1S/C67H99N7O29/c1-4-37(77)36(68)20-24-96-39-26-67(93,25-35-48(39)55(86)50-49(52(35)83)51(82)34-15-14-16-38(94-2)47(34)54(50)85)43(30-76)71-72-45(79)18-8-5-11-21-74-28-33(70-73-74)27-69-44(78)17-9-6-12-22-98-63-42(32-99-65-59(90)56(87)53(84)40(29-75)101-65)103-66(61(92)58(63)89)100-31-41-62(57(88)60(91)64(95-3)102-41)97-23-13-7-10-19-46(80)81/h14-16,28,36-37,39-42,53,56-66,75-77,83-84,86-93H,4-13,17-27,29-32,68H2,1-3H3,(H,69,78)(H,72,79)(H,80,81)/b71-43+/t36?,37?,39?,40-,41-,42-,53-,56+,57-,58-,59-,60-,61-,62-,63-,64+,65+,66+,67+/m1/s1. The lowest BCUT2D eigenvalue weighted by Gasteiger charge is -2.45. The van der Waals surface area contributed by atoms with Crippen LogP contribution < -0.4 is 21.2 Å². The predicted octanol–water partition coefficient (Wildman–Crippen LogP) is -2.61. The number of ether oxygens (including phenoxy) is 10. The Morgan fingerprint density at radius 2 is 1.30 bits per heavy atom. The number of carboxylic acids is 1. The van der Waals surface area contributed by atoms with E-state index in [4.69, 9.17) is 58.2 Å². The number of carbonyl (C=O) groups excluding carboxylic acids is 4. The van der Waals surface area contributed by atoms with Crippen LogP contribution in [-0.2, 0) is 76.5 Å². The van der Waals surface area contributed by atoms with Crippen molar-refractivity contribution >= 4 is 35.1 Å². The molecule has 2 amide bonds. The maximum Gasteiger partial charge on any atom is 0.303 e. The van der Waals surface area contributed by atoms with E-state index in [9.17, 15) is 90.4 Å². The average molecular weight is 1470 g/mol. The van der Waals surface area contributed by atoms with E-state index in [0.29, 0.717) is 76.4 Å². The van der Waals surface area contributed by atoms with Gasteiger partial charge < -0.3 is 130 Å². The number of phenolic OH excluding ortho intramolecular Hbond substituents is 2.